The zero-order chi connectivity index (χ0) is 17.1. The maximum absolute atomic E-state index is 13.4. The van der Waals surface area contributed by atoms with Crippen LogP contribution in [-0.4, -0.2) is 16.0 Å². The number of hydrogen-bond donors (Lipinski definition) is 2. The number of rotatable bonds is 4. The minimum atomic E-state index is -0.457. The van der Waals surface area contributed by atoms with Gasteiger partial charge in [0.1, 0.15) is 5.82 Å². The molecule has 1 amide bonds. The molecule has 0 saturated heterocycles. The maximum Gasteiger partial charge on any atom is 0.253 e. The number of aromatic nitrogens is 1. The summed E-state index contributed by atoms with van der Waals surface area (Å²) in [6.07, 6.45) is 0. The van der Waals surface area contributed by atoms with E-state index in [9.17, 15) is 9.18 Å². The molecule has 2 N–H and O–H groups in total. The molecule has 0 saturated carbocycles. The molecule has 3 aromatic rings. The second kappa shape index (κ2) is 6.76. The first-order chi connectivity index (χ1) is 11.6. The molecule has 2 aromatic carbocycles. The second-order valence-electron chi connectivity index (χ2n) is 5.60. The summed E-state index contributed by atoms with van der Waals surface area (Å²) >= 11 is 0. The first-order valence-electron chi connectivity index (χ1n) is 7.61. The van der Waals surface area contributed by atoms with Crippen LogP contribution in [0, 0.1) is 12.7 Å². The average Bonchev–Trinajstić information content (AvgIpc) is 2.60. The molecule has 122 valence electrons. The first-order valence-corrected chi connectivity index (χ1v) is 7.61. The van der Waals surface area contributed by atoms with Crippen molar-refractivity contribution in [3.05, 3.63) is 76.7 Å². The summed E-state index contributed by atoms with van der Waals surface area (Å²) in [5.41, 5.74) is 2.93. The number of nitrogens with zero attached hydrogens (tertiary/aromatic N) is 1. The standard InChI is InChI=1S/C19H17FN2O2/c1-12-5-7-14-3-2-4-16(18(14)22-12)19(24)21-10-13-6-8-17(20)15(9-13)11-23/h2-9,23H,10-11H2,1H3,(H,21,24). The first kappa shape index (κ1) is 16.1. The van der Waals surface area contributed by atoms with E-state index < -0.39 is 5.82 Å². The maximum atomic E-state index is 13.4. The Morgan fingerprint density at radius 3 is 2.83 bits per heavy atom. The number of benzene rings is 2. The van der Waals surface area contributed by atoms with Gasteiger partial charge in [0.05, 0.1) is 17.7 Å². The van der Waals surface area contributed by atoms with Crippen molar-refractivity contribution < 1.29 is 14.3 Å². The predicted octanol–water partition coefficient (Wildman–Crippen LogP) is 3.10. The number of amides is 1. The van der Waals surface area contributed by atoms with Gasteiger partial charge < -0.3 is 10.4 Å². The van der Waals surface area contributed by atoms with Crippen molar-refractivity contribution in [2.45, 2.75) is 20.1 Å². The molecule has 1 heterocycles. The Labute approximate surface area is 139 Å². The van der Waals surface area contributed by atoms with Crippen molar-refractivity contribution in [3.63, 3.8) is 0 Å². The highest BCUT2D eigenvalue weighted by molar-refractivity contribution is 6.05. The van der Waals surface area contributed by atoms with Gasteiger partial charge in [-0.05, 0) is 36.8 Å². The Hall–Kier alpha value is -2.79. The fraction of sp³-hybridized carbons (Fsp3) is 0.158. The minimum absolute atomic E-state index is 0.212. The molecule has 0 aliphatic heterocycles. The van der Waals surface area contributed by atoms with Crippen molar-refractivity contribution in [2.24, 2.45) is 0 Å². The monoisotopic (exact) mass is 324 g/mol. The van der Waals surface area contributed by atoms with Crippen LogP contribution >= 0.6 is 0 Å². The molecule has 0 aliphatic carbocycles. The number of aliphatic hydroxyl groups excluding tert-OH is 1. The molecule has 3 rings (SSSR count). The Balaban J connectivity index is 1.82. The molecular formula is C19H17FN2O2. The molecule has 0 bridgehead atoms. The lowest BCUT2D eigenvalue weighted by Crippen LogP contribution is -2.23. The van der Waals surface area contributed by atoms with Gasteiger partial charge in [0.15, 0.2) is 0 Å². The van der Waals surface area contributed by atoms with Crippen LogP contribution < -0.4 is 5.32 Å². The number of aryl methyl sites for hydroxylation is 1. The normalized spacial score (nSPS) is 10.8. The van der Waals surface area contributed by atoms with Crippen LogP contribution in [0.5, 0.6) is 0 Å². The number of carbonyl (C=O) groups is 1. The van der Waals surface area contributed by atoms with Crippen molar-refractivity contribution in [2.75, 3.05) is 0 Å². The van der Waals surface area contributed by atoms with E-state index in [-0.39, 0.29) is 24.6 Å². The van der Waals surface area contributed by atoms with Gasteiger partial charge in [0, 0.05) is 23.2 Å². The summed E-state index contributed by atoms with van der Waals surface area (Å²) in [6.45, 7) is 1.75. The van der Waals surface area contributed by atoms with Crippen molar-refractivity contribution >= 4 is 16.8 Å². The van der Waals surface area contributed by atoms with E-state index in [0.717, 1.165) is 16.6 Å². The zero-order valence-electron chi connectivity index (χ0n) is 13.2. The molecule has 0 fully saturated rings. The van der Waals surface area contributed by atoms with E-state index in [4.69, 9.17) is 5.11 Å². The van der Waals surface area contributed by atoms with Crippen LogP contribution in [0.15, 0.2) is 48.5 Å². The van der Waals surface area contributed by atoms with Crippen LogP contribution in [0.4, 0.5) is 4.39 Å². The number of halogens is 1. The molecule has 0 radical (unpaired) electrons. The molecule has 5 heteroatoms. The van der Waals surface area contributed by atoms with Gasteiger partial charge in [-0.25, -0.2) is 4.39 Å². The molecule has 0 unspecified atom stereocenters. The fourth-order valence-electron chi connectivity index (χ4n) is 2.56. The van der Waals surface area contributed by atoms with Crippen LogP contribution in [-0.2, 0) is 13.2 Å². The van der Waals surface area contributed by atoms with Crippen LogP contribution in [0.2, 0.25) is 0 Å². The molecule has 4 nitrogen and oxygen atoms in total. The van der Waals surface area contributed by atoms with Crippen molar-refractivity contribution in [1.29, 1.82) is 0 Å². The van der Waals surface area contributed by atoms with Gasteiger partial charge >= 0.3 is 0 Å². The SMILES string of the molecule is Cc1ccc2cccc(C(=O)NCc3ccc(F)c(CO)c3)c2n1. The van der Waals surface area contributed by atoms with Gasteiger partial charge in [0.2, 0.25) is 0 Å². The molecule has 0 atom stereocenters. The Morgan fingerprint density at radius 1 is 1.21 bits per heavy atom. The van der Waals surface area contributed by atoms with Crippen LogP contribution in [0.1, 0.15) is 27.2 Å². The van der Waals surface area contributed by atoms with E-state index >= 15 is 0 Å². The quantitative estimate of drug-likeness (QED) is 0.775. The van der Waals surface area contributed by atoms with E-state index in [1.54, 1.807) is 18.2 Å². The Bertz CT molecular complexity index is 909. The number of aliphatic hydroxyl groups is 1. The summed E-state index contributed by atoms with van der Waals surface area (Å²) in [5.74, 6) is -0.699. The average molecular weight is 324 g/mol. The molecular weight excluding hydrogens is 307 g/mol. The number of hydrogen-bond acceptors (Lipinski definition) is 3. The summed E-state index contributed by atoms with van der Waals surface area (Å²) in [4.78, 5) is 16.9. The molecule has 24 heavy (non-hydrogen) atoms. The highest BCUT2D eigenvalue weighted by Gasteiger charge is 2.11. The largest absolute Gasteiger partial charge is 0.392 e. The number of pyridine rings is 1. The van der Waals surface area contributed by atoms with E-state index in [1.807, 2.05) is 31.2 Å². The lowest BCUT2D eigenvalue weighted by Gasteiger charge is -2.09. The van der Waals surface area contributed by atoms with Gasteiger partial charge in [-0.1, -0.05) is 24.3 Å². The lowest BCUT2D eigenvalue weighted by atomic mass is 10.1. The van der Waals surface area contributed by atoms with Gasteiger partial charge in [-0.15, -0.1) is 0 Å². The predicted molar refractivity (Wildman–Crippen MR) is 90.0 cm³/mol. The Morgan fingerprint density at radius 2 is 2.04 bits per heavy atom. The highest BCUT2D eigenvalue weighted by Crippen LogP contribution is 2.17. The topological polar surface area (TPSA) is 62.2 Å². The third-order valence-electron chi connectivity index (χ3n) is 3.84. The van der Waals surface area contributed by atoms with Gasteiger partial charge in [-0.3, -0.25) is 9.78 Å². The lowest BCUT2D eigenvalue weighted by molar-refractivity contribution is 0.0952. The number of nitrogens with one attached hydrogen (secondary N) is 1. The van der Waals surface area contributed by atoms with Crippen LogP contribution in [0.3, 0.4) is 0 Å². The third-order valence-corrected chi connectivity index (χ3v) is 3.84. The smallest absolute Gasteiger partial charge is 0.253 e. The molecule has 0 aliphatic rings. The second-order valence-corrected chi connectivity index (χ2v) is 5.60. The van der Waals surface area contributed by atoms with Crippen molar-refractivity contribution in [1.82, 2.24) is 10.3 Å². The summed E-state index contributed by atoms with van der Waals surface area (Å²) in [5, 5.41) is 12.8. The van der Waals surface area contributed by atoms with Gasteiger partial charge in [-0.2, -0.15) is 0 Å². The Kier molecular flexibility index (Phi) is 4.53. The number of carbonyl (C=O) groups excluding carboxylic acids is 1. The van der Waals surface area contributed by atoms with E-state index in [0.29, 0.717) is 11.1 Å². The molecule has 0 spiro atoms. The third kappa shape index (κ3) is 3.26. The summed E-state index contributed by atoms with van der Waals surface area (Å²) < 4.78 is 13.4. The number of para-hydroxylation sites is 1. The summed E-state index contributed by atoms with van der Waals surface area (Å²) in [7, 11) is 0. The van der Waals surface area contributed by atoms with Crippen LogP contribution in [0.25, 0.3) is 10.9 Å². The van der Waals surface area contributed by atoms with Crippen molar-refractivity contribution in [3.8, 4) is 0 Å². The number of fused-ring (bicyclic) bond motifs is 1. The van der Waals surface area contributed by atoms with E-state index in [1.165, 1.54) is 6.07 Å². The highest BCUT2D eigenvalue weighted by atomic mass is 19.1. The minimum Gasteiger partial charge on any atom is -0.392 e. The zero-order valence-corrected chi connectivity index (χ0v) is 13.2. The molecule has 1 aromatic heterocycles. The summed E-state index contributed by atoms with van der Waals surface area (Å²) in [6, 6.07) is 13.7. The van der Waals surface area contributed by atoms with E-state index in [2.05, 4.69) is 10.3 Å². The fourth-order valence-corrected chi connectivity index (χ4v) is 2.56. The van der Waals surface area contributed by atoms with Gasteiger partial charge in [0.25, 0.3) is 5.91 Å².